The quantitative estimate of drug-likeness (QED) is 0.451. The van der Waals surface area contributed by atoms with Crippen molar-refractivity contribution in [1.82, 2.24) is 24.5 Å². The fourth-order valence-corrected chi connectivity index (χ4v) is 2.91. The predicted molar refractivity (Wildman–Crippen MR) is 100 cm³/mol. The zero-order valence-electron chi connectivity index (χ0n) is 14.4. The van der Waals surface area contributed by atoms with Crippen molar-refractivity contribution in [2.24, 2.45) is 0 Å². The Labute approximate surface area is 162 Å². The molecule has 1 aromatic carbocycles. The van der Waals surface area contributed by atoms with Gasteiger partial charge in [-0.15, -0.1) is 5.10 Å². The highest BCUT2D eigenvalue weighted by atomic mass is 79.9. The van der Waals surface area contributed by atoms with Crippen molar-refractivity contribution >= 4 is 33.6 Å². The zero-order valence-corrected chi connectivity index (χ0v) is 16.0. The summed E-state index contributed by atoms with van der Waals surface area (Å²) in [5.74, 6) is -0.384. The van der Waals surface area contributed by atoms with Gasteiger partial charge in [0.25, 0.3) is 0 Å². The number of aryl methyl sites for hydroxylation is 2. The molecule has 0 fully saturated rings. The molecule has 0 aliphatic rings. The fraction of sp³-hybridized carbons (Fsp3) is 0.250. The van der Waals surface area contributed by atoms with Gasteiger partial charge in [0.1, 0.15) is 10.8 Å². The minimum absolute atomic E-state index is 0.0810. The first-order valence-corrected chi connectivity index (χ1v) is 8.82. The molecular formula is C16H16BrN7O3. The van der Waals surface area contributed by atoms with E-state index in [4.69, 9.17) is 0 Å². The van der Waals surface area contributed by atoms with Crippen LogP contribution in [0.1, 0.15) is 17.5 Å². The normalized spacial score (nSPS) is 10.7. The van der Waals surface area contributed by atoms with Gasteiger partial charge in [-0.1, -0.05) is 29.8 Å². The van der Waals surface area contributed by atoms with Gasteiger partial charge in [0.05, 0.1) is 24.4 Å². The average molecular weight is 434 g/mol. The lowest BCUT2D eigenvalue weighted by Gasteiger charge is -2.02. The molecule has 0 atom stereocenters. The molecule has 140 valence electrons. The summed E-state index contributed by atoms with van der Waals surface area (Å²) < 4.78 is 3.24. The third-order valence-corrected chi connectivity index (χ3v) is 4.21. The summed E-state index contributed by atoms with van der Waals surface area (Å²) in [6, 6.07) is 8.04. The van der Waals surface area contributed by atoms with Crippen molar-refractivity contribution in [3.8, 4) is 0 Å². The molecule has 1 amide bonds. The Balaban J connectivity index is 1.53. The van der Waals surface area contributed by atoms with Gasteiger partial charge in [-0.25, -0.2) is 9.67 Å². The molecule has 1 N–H and O–H groups in total. The molecular weight excluding hydrogens is 418 g/mol. The Kier molecular flexibility index (Phi) is 5.60. The smallest absolute Gasteiger partial charge is 0.358 e. The lowest BCUT2D eigenvalue weighted by Crippen LogP contribution is -2.16. The van der Waals surface area contributed by atoms with Crippen LogP contribution in [0.15, 0.2) is 41.3 Å². The van der Waals surface area contributed by atoms with Crippen LogP contribution in [0.3, 0.4) is 0 Å². The summed E-state index contributed by atoms with van der Waals surface area (Å²) in [5.41, 5.74) is 2.25. The number of anilines is 1. The Bertz CT molecular complexity index is 982. The summed E-state index contributed by atoms with van der Waals surface area (Å²) in [4.78, 5) is 26.3. The van der Waals surface area contributed by atoms with E-state index in [0.717, 1.165) is 11.1 Å². The first kappa shape index (κ1) is 18.7. The molecule has 2 heterocycles. The number of carbonyl (C=O) groups is 1. The van der Waals surface area contributed by atoms with E-state index in [1.165, 1.54) is 10.9 Å². The SMILES string of the molecule is Cc1cccc(Cn2cnc(NC(=O)CCn3cc(Br)c([N+](=O)[O-])n3)n2)c1. The zero-order chi connectivity index (χ0) is 19.4. The largest absolute Gasteiger partial charge is 0.404 e. The highest BCUT2D eigenvalue weighted by molar-refractivity contribution is 9.10. The molecule has 2 aromatic heterocycles. The molecule has 0 aliphatic heterocycles. The van der Waals surface area contributed by atoms with Gasteiger partial charge in [0.2, 0.25) is 11.9 Å². The maximum absolute atomic E-state index is 12.0. The molecule has 0 aliphatic carbocycles. The lowest BCUT2D eigenvalue weighted by atomic mass is 10.1. The van der Waals surface area contributed by atoms with Crippen LogP contribution in [-0.4, -0.2) is 35.4 Å². The van der Waals surface area contributed by atoms with E-state index in [9.17, 15) is 14.9 Å². The Morgan fingerprint density at radius 1 is 1.33 bits per heavy atom. The third-order valence-electron chi connectivity index (χ3n) is 3.65. The van der Waals surface area contributed by atoms with Gasteiger partial charge in [-0.3, -0.25) is 10.1 Å². The van der Waals surface area contributed by atoms with Gasteiger partial charge in [0, 0.05) is 6.42 Å². The van der Waals surface area contributed by atoms with Crippen molar-refractivity contribution in [3.63, 3.8) is 0 Å². The summed E-state index contributed by atoms with van der Waals surface area (Å²) >= 11 is 3.06. The molecule has 3 rings (SSSR count). The van der Waals surface area contributed by atoms with E-state index in [1.807, 2.05) is 25.1 Å². The molecule has 0 saturated carbocycles. The van der Waals surface area contributed by atoms with Crippen LogP contribution in [0.25, 0.3) is 0 Å². The van der Waals surface area contributed by atoms with Crippen LogP contribution in [0.5, 0.6) is 0 Å². The average Bonchev–Trinajstić information content (AvgIpc) is 3.19. The highest BCUT2D eigenvalue weighted by Crippen LogP contribution is 2.22. The number of nitrogens with one attached hydrogen (secondary N) is 1. The Hall–Kier alpha value is -3.08. The van der Waals surface area contributed by atoms with Crippen LogP contribution in [0.2, 0.25) is 0 Å². The number of aromatic nitrogens is 5. The molecule has 0 unspecified atom stereocenters. The van der Waals surface area contributed by atoms with Crippen molar-refractivity contribution in [2.75, 3.05) is 5.32 Å². The number of amides is 1. The van der Waals surface area contributed by atoms with Gasteiger partial charge < -0.3 is 10.1 Å². The first-order valence-electron chi connectivity index (χ1n) is 8.03. The van der Waals surface area contributed by atoms with E-state index in [2.05, 4.69) is 42.5 Å². The number of hydrogen-bond donors (Lipinski definition) is 1. The molecule has 11 heteroatoms. The minimum atomic E-state index is -0.592. The molecule has 0 saturated heterocycles. The van der Waals surface area contributed by atoms with Crippen molar-refractivity contribution in [2.45, 2.75) is 26.4 Å². The molecule has 0 spiro atoms. The summed E-state index contributed by atoms with van der Waals surface area (Å²) in [6.45, 7) is 2.76. The predicted octanol–water partition coefficient (Wildman–Crippen LogP) is 2.53. The summed E-state index contributed by atoms with van der Waals surface area (Å²) in [6.07, 6.45) is 3.09. The Morgan fingerprint density at radius 3 is 2.85 bits per heavy atom. The molecule has 10 nitrogen and oxygen atoms in total. The number of nitro groups is 1. The number of carbonyl (C=O) groups excluding carboxylic acids is 1. The summed E-state index contributed by atoms with van der Waals surface area (Å²) in [5, 5.41) is 21.4. The third kappa shape index (κ3) is 4.97. The maximum Gasteiger partial charge on any atom is 0.404 e. The second-order valence-electron chi connectivity index (χ2n) is 5.87. The second-order valence-corrected chi connectivity index (χ2v) is 6.73. The monoisotopic (exact) mass is 433 g/mol. The summed E-state index contributed by atoms with van der Waals surface area (Å²) in [7, 11) is 0. The molecule has 0 radical (unpaired) electrons. The molecule has 3 aromatic rings. The van der Waals surface area contributed by atoms with Crippen LogP contribution in [0, 0.1) is 17.0 Å². The van der Waals surface area contributed by atoms with Gasteiger partial charge in [0.15, 0.2) is 0 Å². The van der Waals surface area contributed by atoms with Crippen molar-refractivity contribution in [1.29, 1.82) is 0 Å². The number of nitrogens with zero attached hydrogens (tertiary/aromatic N) is 6. The minimum Gasteiger partial charge on any atom is -0.358 e. The van der Waals surface area contributed by atoms with Crippen LogP contribution >= 0.6 is 15.9 Å². The fourth-order valence-electron chi connectivity index (χ4n) is 2.45. The Morgan fingerprint density at radius 2 is 2.15 bits per heavy atom. The topological polar surface area (TPSA) is 121 Å². The van der Waals surface area contributed by atoms with Gasteiger partial charge in [-0.05, 0) is 33.3 Å². The highest BCUT2D eigenvalue weighted by Gasteiger charge is 2.19. The van der Waals surface area contributed by atoms with Crippen molar-refractivity contribution < 1.29 is 9.72 Å². The maximum atomic E-state index is 12.0. The first-order chi connectivity index (χ1) is 12.9. The molecule has 0 bridgehead atoms. The lowest BCUT2D eigenvalue weighted by molar-refractivity contribution is -0.390. The van der Waals surface area contributed by atoms with Crippen LogP contribution in [0.4, 0.5) is 11.8 Å². The molecule has 27 heavy (non-hydrogen) atoms. The van der Waals surface area contributed by atoms with Crippen LogP contribution < -0.4 is 5.32 Å². The van der Waals surface area contributed by atoms with E-state index in [-0.39, 0.29) is 35.1 Å². The van der Waals surface area contributed by atoms with E-state index < -0.39 is 4.92 Å². The number of hydrogen-bond acceptors (Lipinski definition) is 6. The van der Waals surface area contributed by atoms with E-state index >= 15 is 0 Å². The second kappa shape index (κ2) is 8.08. The number of rotatable bonds is 7. The standard InChI is InChI=1S/C16H16BrN7O3/c1-11-3-2-4-12(7-11)8-23-10-18-16(21-23)19-14(25)5-6-22-9-13(17)15(20-22)24(26)27/h2-4,7,9-10H,5-6,8H2,1H3,(H,19,21,25). The number of benzene rings is 1. The van der Waals surface area contributed by atoms with E-state index in [0.29, 0.717) is 6.54 Å². The van der Waals surface area contributed by atoms with Crippen LogP contribution in [-0.2, 0) is 17.9 Å². The number of halogens is 1. The van der Waals surface area contributed by atoms with Gasteiger partial charge in [-0.2, -0.15) is 4.68 Å². The van der Waals surface area contributed by atoms with Gasteiger partial charge >= 0.3 is 5.82 Å². The van der Waals surface area contributed by atoms with Crippen molar-refractivity contribution in [3.05, 3.63) is 62.5 Å². The van der Waals surface area contributed by atoms with E-state index in [1.54, 1.807) is 11.0 Å².